The molecule has 0 aliphatic heterocycles. The van der Waals surface area contributed by atoms with Crippen LogP contribution in [0.4, 0.5) is 17.1 Å². The molecule has 4 nitrogen and oxygen atoms in total. The Morgan fingerprint density at radius 3 is 2.12 bits per heavy atom. The highest BCUT2D eigenvalue weighted by Crippen LogP contribution is 2.47. The number of thiophene rings is 1. The molecule has 6 aromatic carbocycles. The van der Waals surface area contributed by atoms with Crippen molar-refractivity contribution < 1.29 is 8.83 Å². The lowest BCUT2D eigenvalue weighted by Crippen LogP contribution is -2.10. The van der Waals surface area contributed by atoms with Crippen LogP contribution in [0.25, 0.3) is 64.7 Å². The molecule has 0 saturated heterocycles. The number of rotatable bonds is 4. The summed E-state index contributed by atoms with van der Waals surface area (Å²) in [5.41, 5.74) is 7.01. The molecule has 3 heterocycles. The van der Waals surface area contributed by atoms with E-state index < -0.39 is 0 Å². The van der Waals surface area contributed by atoms with Crippen LogP contribution in [0.3, 0.4) is 0 Å². The standard InChI is InChI=1S/C37H22N2O2S/c1-3-11-23(12-4-1)37-38-29-22-30(36-34(35(29)41-37)27-16-7-9-17-31(27)40-36)39(24-13-5-2-6-14-24)25-19-20-33-28(21-25)26-15-8-10-18-32(26)42-33/h1-22H. The highest BCUT2D eigenvalue weighted by molar-refractivity contribution is 7.25. The lowest BCUT2D eigenvalue weighted by Gasteiger charge is -2.25. The third kappa shape index (κ3) is 3.51. The van der Waals surface area contributed by atoms with Crippen molar-refractivity contribution in [3.8, 4) is 11.5 Å². The van der Waals surface area contributed by atoms with Gasteiger partial charge < -0.3 is 13.7 Å². The SMILES string of the molecule is c1ccc(-c2nc3cc(N(c4ccccc4)c4ccc5sc6ccccc6c5c4)c4oc5ccccc5c4c3o2)cc1. The van der Waals surface area contributed by atoms with E-state index in [0.29, 0.717) is 5.89 Å². The van der Waals surface area contributed by atoms with Crippen LogP contribution in [0.2, 0.25) is 0 Å². The molecule has 9 aromatic rings. The van der Waals surface area contributed by atoms with Crippen molar-refractivity contribution in [2.75, 3.05) is 4.90 Å². The minimum Gasteiger partial charge on any atom is -0.454 e. The molecule has 198 valence electrons. The van der Waals surface area contributed by atoms with Gasteiger partial charge in [-0.1, -0.05) is 72.8 Å². The lowest BCUT2D eigenvalue weighted by molar-refractivity contribution is 0.622. The molecule has 9 rings (SSSR count). The molecule has 42 heavy (non-hydrogen) atoms. The Morgan fingerprint density at radius 1 is 0.548 bits per heavy atom. The van der Waals surface area contributed by atoms with Gasteiger partial charge >= 0.3 is 0 Å². The van der Waals surface area contributed by atoms with Crippen molar-refractivity contribution in [1.82, 2.24) is 4.98 Å². The fourth-order valence-corrected chi connectivity index (χ4v) is 7.07. The molecule has 0 aliphatic rings. The zero-order valence-corrected chi connectivity index (χ0v) is 23.1. The van der Waals surface area contributed by atoms with Crippen molar-refractivity contribution in [1.29, 1.82) is 0 Å². The first-order chi connectivity index (χ1) is 20.8. The topological polar surface area (TPSA) is 42.4 Å². The summed E-state index contributed by atoms with van der Waals surface area (Å²) in [5, 5.41) is 4.43. The Balaban J connectivity index is 1.37. The van der Waals surface area contributed by atoms with Gasteiger partial charge in [0.1, 0.15) is 11.1 Å². The van der Waals surface area contributed by atoms with Crippen molar-refractivity contribution in [3.05, 3.63) is 133 Å². The number of para-hydroxylation sites is 2. The molecule has 0 N–H and O–H groups in total. The van der Waals surface area contributed by atoms with Crippen LogP contribution in [0.5, 0.6) is 0 Å². The predicted octanol–water partition coefficient (Wildman–Crippen LogP) is 11.2. The average Bonchev–Trinajstić information content (AvgIpc) is 3.75. The molecule has 0 radical (unpaired) electrons. The number of oxazole rings is 1. The van der Waals surface area contributed by atoms with E-state index in [-0.39, 0.29) is 0 Å². The maximum Gasteiger partial charge on any atom is 0.227 e. The van der Waals surface area contributed by atoms with Crippen molar-refractivity contribution >= 4 is 81.6 Å². The van der Waals surface area contributed by atoms with Gasteiger partial charge in [-0.25, -0.2) is 4.98 Å². The molecule has 0 amide bonds. The molecule has 3 aromatic heterocycles. The van der Waals surface area contributed by atoms with Gasteiger partial charge in [-0.05, 0) is 60.7 Å². The van der Waals surface area contributed by atoms with Gasteiger partial charge in [0.05, 0.1) is 11.1 Å². The zero-order valence-electron chi connectivity index (χ0n) is 22.3. The van der Waals surface area contributed by atoms with E-state index in [0.717, 1.165) is 55.7 Å². The molecular formula is C37H22N2O2S. The van der Waals surface area contributed by atoms with Crippen LogP contribution in [-0.4, -0.2) is 4.98 Å². The van der Waals surface area contributed by atoms with Crippen molar-refractivity contribution in [2.45, 2.75) is 0 Å². The zero-order chi connectivity index (χ0) is 27.6. The molecule has 0 bridgehead atoms. The number of hydrogen-bond donors (Lipinski definition) is 0. The van der Waals surface area contributed by atoms with E-state index in [1.807, 2.05) is 65.9 Å². The number of furan rings is 1. The first-order valence-electron chi connectivity index (χ1n) is 13.9. The largest absolute Gasteiger partial charge is 0.454 e. The van der Waals surface area contributed by atoms with Crippen LogP contribution in [0.1, 0.15) is 0 Å². The van der Waals surface area contributed by atoms with Gasteiger partial charge in [0.2, 0.25) is 5.89 Å². The number of nitrogens with zero attached hydrogens (tertiary/aromatic N) is 2. The summed E-state index contributed by atoms with van der Waals surface area (Å²) in [6.07, 6.45) is 0. The first-order valence-corrected chi connectivity index (χ1v) is 14.7. The third-order valence-corrected chi connectivity index (χ3v) is 9.03. The van der Waals surface area contributed by atoms with Gasteiger partial charge in [0, 0.05) is 42.5 Å². The average molecular weight is 559 g/mol. The fraction of sp³-hybridized carbons (Fsp3) is 0. The van der Waals surface area contributed by atoms with Gasteiger partial charge in [0.15, 0.2) is 11.2 Å². The molecule has 0 atom stereocenters. The summed E-state index contributed by atoms with van der Waals surface area (Å²) in [4.78, 5) is 7.27. The number of fused-ring (bicyclic) bond motifs is 8. The van der Waals surface area contributed by atoms with Crippen molar-refractivity contribution in [3.63, 3.8) is 0 Å². The first kappa shape index (κ1) is 23.3. The van der Waals surface area contributed by atoms with E-state index in [1.165, 1.54) is 20.2 Å². The summed E-state index contributed by atoms with van der Waals surface area (Å²) in [7, 11) is 0. The van der Waals surface area contributed by atoms with Gasteiger partial charge in [-0.3, -0.25) is 0 Å². The Bertz CT molecular complexity index is 2420. The van der Waals surface area contributed by atoms with Crippen LogP contribution in [0.15, 0.2) is 142 Å². The van der Waals surface area contributed by atoms with Crippen LogP contribution < -0.4 is 4.90 Å². The van der Waals surface area contributed by atoms with E-state index >= 15 is 0 Å². The minimum atomic E-state index is 0.590. The highest BCUT2D eigenvalue weighted by Gasteiger charge is 2.25. The maximum absolute atomic E-state index is 6.65. The quantitative estimate of drug-likeness (QED) is 0.215. The summed E-state index contributed by atoms with van der Waals surface area (Å²) in [6.45, 7) is 0. The van der Waals surface area contributed by atoms with Gasteiger partial charge in [0.25, 0.3) is 0 Å². The van der Waals surface area contributed by atoms with E-state index in [2.05, 4.69) is 83.8 Å². The Kier molecular flexibility index (Phi) is 5.03. The van der Waals surface area contributed by atoms with Crippen LogP contribution in [-0.2, 0) is 0 Å². The minimum absolute atomic E-state index is 0.590. The molecule has 0 fully saturated rings. The van der Waals surface area contributed by atoms with Crippen molar-refractivity contribution in [2.24, 2.45) is 0 Å². The molecular weight excluding hydrogens is 536 g/mol. The number of anilines is 3. The summed E-state index contributed by atoms with van der Waals surface area (Å²) in [6, 6.07) is 46.0. The number of hydrogen-bond acceptors (Lipinski definition) is 5. The second-order valence-corrected chi connectivity index (χ2v) is 11.5. The summed E-state index contributed by atoms with van der Waals surface area (Å²) in [5.74, 6) is 0.590. The molecule has 0 spiro atoms. The van der Waals surface area contributed by atoms with E-state index in [4.69, 9.17) is 13.8 Å². The monoisotopic (exact) mass is 558 g/mol. The van der Waals surface area contributed by atoms with Gasteiger partial charge in [-0.2, -0.15) is 0 Å². The lowest BCUT2D eigenvalue weighted by atomic mass is 10.1. The second-order valence-electron chi connectivity index (χ2n) is 10.4. The van der Waals surface area contributed by atoms with E-state index in [9.17, 15) is 0 Å². The highest BCUT2D eigenvalue weighted by atomic mass is 32.1. The molecule has 5 heteroatoms. The second kappa shape index (κ2) is 9.06. The third-order valence-electron chi connectivity index (χ3n) is 7.88. The van der Waals surface area contributed by atoms with Gasteiger partial charge in [-0.15, -0.1) is 11.3 Å². The Labute approximate surface area is 244 Å². The number of aromatic nitrogens is 1. The normalized spacial score (nSPS) is 11.8. The maximum atomic E-state index is 6.65. The smallest absolute Gasteiger partial charge is 0.227 e. The number of benzene rings is 6. The van der Waals surface area contributed by atoms with Crippen LogP contribution >= 0.6 is 11.3 Å². The Morgan fingerprint density at radius 2 is 1.26 bits per heavy atom. The summed E-state index contributed by atoms with van der Waals surface area (Å²) < 4.78 is 15.7. The Hall–Kier alpha value is -5.39. The van der Waals surface area contributed by atoms with E-state index in [1.54, 1.807) is 0 Å². The molecule has 0 saturated carbocycles. The summed E-state index contributed by atoms with van der Waals surface area (Å²) >= 11 is 1.82. The van der Waals surface area contributed by atoms with Crippen LogP contribution in [0, 0.1) is 0 Å². The molecule has 0 unspecified atom stereocenters. The fourth-order valence-electron chi connectivity index (χ4n) is 5.98. The molecule has 0 aliphatic carbocycles. The predicted molar refractivity (Wildman–Crippen MR) is 174 cm³/mol.